The SMILES string of the molecule is Cc1cc(N)ccc1SCn1cccn1. The van der Waals surface area contributed by atoms with E-state index in [4.69, 9.17) is 5.73 Å². The van der Waals surface area contributed by atoms with Crippen LogP contribution in [0.25, 0.3) is 0 Å². The summed E-state index contributed by atoms with van der Waals surface area (Å²) in [5, 5.41) is 4.15. The lowest BCUT2D eigenvalue weighted by molar-refractivity contribution is 0.750. The van der Waals surface area contributed by atoms with Gasteiger partial charge in [-0.25, -0.2) is 0 Å². The zero-order valence-electron chi connectivity index (χ0n) is 8.55. The Morgan fingerprint density at radius 3 is 3.00 bits per heavy atom. The molecule has 0 saturated heterocycles. The molecule has 0 amide bonds. The Kier molecular flexibility index (Phi) is 2.97. The number of nitrogens with zero attached hydrogens (tertiary/aromatic N) is 2. The maximum absolute atomic E-state index is 5.69. The van der Waals surface area contributed by atoms with Crippen LogP contribution in [0.1, 0.15) is 5.56 Å². The van der Waals surface area contributed by atoms with Gasteiger partial charge < -0.3 is 5.73 Å². The van der Waals surface area contributed by atoms with Crippen molar-refractivity contribution in [3.05, 3.63) is 42.2 Å². The maximum Gasteiger partial charge on any atom is 0.0909 e. The van der Waals surface area contributed by atoms with E-state index in [0.717, 1.165) is 11.6 Å². The molecule has 0 fully saturated rings. The van der Waals surface area contributed by atoms with Gasteiger partial charge in [-0.3, -0.25) is 4.68 Å². The van der Waals surface area contributed by atoms with Crippen molar-refractivity contribution in [2.24, 2.45) is 0 Å². The molecule has 0 aliphatic carbocycles. The summed E-state index contributed by atoms with van der Waals surface area (Å²) >= 11 is 1.76. The summed E-state index contributed by atoms with van der Waals surface area (Å²) in [6.07, 6.45) is 3.75. The number of benzene rings is 1. The minimum atomic E-state index is 0.816. The van der Waals surface area contributed by atoms with Crippen LogP contribution >= 0.6 is 11.8 Å². The van der Waals surface area contributed by atoms with Crippen molar-refractivity contribution in [2.45, 2.75) is 17.7 Å². The minimum Gasteiger partial charge on any atom is -0.399 e. The molecule has 0 aliphatic heterocycles. The molecule has 0 saturated carbocycles. The van der Waals surface area contributed by atoms with Crippen molar-refractivity contribution >= 4 is 17.4 Å². The maximum atomic E-state index is 5.69. The Labute approximate surface area is 93.3 Å². The highest BCUT2D eigenvalue weighted by molar-refractivity contribution is 7.98. The number of hydrogen-bond donors (Lipinski definition) is 1. The molecule has 1 aromatic heterocycles. The van der Waals surface area contributed by atoms with Crippen molar-refractivity contribution < 1.29 is 0 Å². The van der Waals surface area contributed by atoms with E-state index in [1.54, 1.807) is 18.0 Å². The molecule has 0 aliphatic rings. The Bertz CT molecular complexity index is 437. The van der Waals surface area contributed by atoms with Gasteiger partial charge in [0.2, 0.25) is 0 Å². The standard InChI is InChI=1S/C11H13N3S/c1-9-7-10(12)3-4-11(9)15-8-14-6-2-5-13-14/h2-7H,8,12H2,1H3. The third-order valence-corrected chi connectivity index (χ3v) is 3.27. The first-order valence-corrected chi connectivity index (χ1v) is 5.70. The van der Waals surface area contributed by atoms with E-state index in [1.165, 1.54) is 10.5 Å². The molecule has 0 bridgehead atoms. The van der Waals surface area contributed by atoms with Crippen molar-refractivity contribution in [3.63, 3.8) is 0 Å². The molecule has 2 aromatic rings. The van der Waals surface area contributed by atoms with Gasteiger partial charge in [0.15, 0.2) is 0 Å². The number of thioether (sulfide) groups is 1. The van der Waals surface area contributed by atoms with Crippen LogP contribution < -0.4 is 5.73 Å². The van der Waals surface area contributed by atoms with Crippen LogP contribution in [0.2, 0.25) is 0 Å². The van der Waals surface area contributed by atoms with E-state index in [-0.39, 0.29) is 0 Å². The summed E-state index contributed by atoms with van der Waals surface area (Å²) in [4.78, 5) is 1.25. The van der Waals surface area contributed by atoms with E-state index in [1.807, 2.05) is 29.1 Å². The van der Waals surface area contributed by atoms with Crippen molar-refractivity contribution in [1.29, 1.82) is 0 Å². The normalized spacial score (nSPS) is 10.5. The smallest absolute Gasteiger partial charge is 0.0909 e. The van der Waals surface area contributed by atoms with Gasteiger partial charge in [-0.1, -0.05) is 0 Å². The predicted octanol–water partition coefficient (Wildman–Crippen LogP) is 2.52. The molecule has 1 heterocycles. The Morgan fingerprint density at radius 1 is 1.47 bits per heavy atom. The molecule has 1 aromatic carbocycles. The molecule has 3 nitrogen and oxygen atoms in total. The van der Waals surface area contributed by atoms with Gasteiger partial charge in [0, 0.05) is 23.0 Å². The van der Waals surface area contributed by atoms with E-state index >= 15 is 0 Å². The third kappa shape index (κ3) is 2.53. The van der Waals surface area contributed by atoms with Gasteiger partial charge in [-0.2, -0.15) is 5.10 Å². The molecule has 4 heteroatoms. The minimum absolute atomic E-state index is 0.816. The topological polar surface area (TPSA) is 43.8 Å². The fourth-order valence-electron chi connectivity index (χ4n) is 1.35. The number of rotatable bonds is 3. The largest absolute Gasteiger partial charge is 0.399 e. The van der Waals surface area contributed by atoms with E-state index in [9.17, 15) is 0 Å². The molecule has 0 unspecified atom stereocenters. The fourth-order valence-corrected chi connectivity index (χ4v) is 2.22. The third-order valence-electron chi connectivity index (χ3n) is 2.11. The average molecular weight is 219 g/mol. The van der Waals surface area contributed by atoms with Gasteiger partial charge in [0.25, 0.3) is 0 Å². The van der Waals surface area contributed by atoms with E-state index < -0.39 is 0 Å². The zero-order valence-corrected chi connectivity index (χ0v) is 9.37. The second-order valence-electron chi connectivity index (χ2n) is 3.34. The van der Waals surface area contributed by atoms with E-state index in [2.05, 4.69) is 18.1 Å². The van der Waals surface area contributed by atoms with Gasteiger partial charge in [0.1, 0.15) is 0 Å². The van der Waals surface area contributed by atoms with Gasteiger partial charge >= 0.3 is 0 Å². The van der Waals surface area contributed by atoms with Crippen LogP contribution in [0.15, 0.2) is 41.6 Å². The number of nitrogen functional groups attached to an aromatic ring is 1. The second-order valence-corrected chi connectivity index (χ2v) is 4.33. The number of nitrogens with two attached hydrogens (primary N) is 1. The monoisotopic (exact) mass is 219 g/mol. The van der Waals surface area contributed by atoms with Crippen molar-refractivity contribution in [2.75, 3.05) is 5.73 Å². The predicted molar refractivity (Wildman–Crippen MR) is 63.7 cm³/mol. The first kappa shape index (κ1) is 10.1. The number of aryl methyl sites for hydroxylation is 1. The van der Waals surface area contributed by atoms with Crippen molar-refractivity contribution in [3.8, 4) is 0 Å². The lowest BCUT2D eigenvalue weighted by Gasteiger charge is -2.06. The van der Waals surface area contributed by atoms with Crippen LogP contribution in [0, 0.1) is 6.92 Å². The fraction of sp³-hybridized carbons (Fsp3) is 0.182. The molecular weight excluding hydrogens is 206 g/mol. The summed E-state index contributed by atoms with van der Waals surface area (Å²) in [5.74, 6) is 0.831. The van der Waals surface area contributed by atoms with Crippen LogP contribution in [-0.2, 0) is 5.88 Å². The first-order chi connectivity index (χ1) is 7.25. The number of hydrogen-bond acceptors (Lipinski definition) is 3. The second kappa shape index (κ2) is 4.40. The van der Waals surface area contributed by atoms with Gasteiger partial charge in [-0.05, 0) is 36.8 Å². The summed E-state index contributed by atoms with van der Waals surface area (Å²) in [6, 6.07) is 7.90. The summed E-state index contributed by atoms with van der Waals surface area (Å²) < 4.78 is 1.90. The molecule has 0 spiro atoms. The zero-order chi connectivity index (χ0) is 10.7. The number of anilines is 1. The Hall–Kier alpha value is -1.42. The summed E-state index contributed by atoms with van der Waals surface area (Å²) in [5.41, 5.74) is 7.72. The summed E-state index contributed by atoms with van der Waals surface area (Å²) in [6.45, 7) is 2.07. The highest BCUT2D eigenvalue weighted by atomic mass is 32.2. The lowest BCUT2D eigenvalue weighted by Crippen LogP contribution is -1.94. The van der Waals surface area contributed by atoms with Crippen LogP contribution in [0.5, 0.6) is 0 Å². The molecule has 0 radical (unpaired) electrons. The number of aromatic nitrogens is 2. The highest BCUT2D eigenvalue weighted by Crippen LogP contribution is 2.24. The average Bonchev–Trinajstić information content (AvgIpc) is 2.69. The van der Waals surface area contributed by atoms with Crippen LogP contribution in [0.3, 0.4) is 0 Å². The quantitative estimate of drug-likeness (QED) is 0.637. The molecule has 78 valence electrons. The molecule has 0 atom stereocenters. The Balaban J connectivity index is 2.05. The van der Waals surface area contributed by atoms with Crippen molar-refractivity contribution in [1.82, 2.24) is 9.78 Å². The van der Waals surface area contributed by atoms with Gasteiger partial charge in [0.05, 0.1) is 5.88 Å². The van der Waals surface area contributed by atoms with E-state index in [0.29, 0.717) is 0 Å². The first-order valence-electron chi connectivity index (χ1n) is 4.72. The lowest BCUT2D eigenvalue weighted by atomic mass is 10.2. The van der Waals surface area contributed by atoms with Crippen LogP contribution in [0.4, 0.5) is 5.69 Å². The molecule has 2 rings (SSSR count). The summed E-state index contributed by atoms with van der Waals surface area (Å²) in [7, 11) is 0. The molecule has 2 N–H and O–H groups in total. The Morgan fingerprint density at radius 2 is 2.33 bits per heavy atom. The van der Waals surface area contributed by atoms with Crippen LogP contribution in [-0.4, -0.2) is 9.78 Å². The van der Waals surface area contributed by atoms with Gasteiger partial charge in [-0.15, -0.1) is 11.8 Å². The molecular formula is C11H13N3S. The highest BCUT2D eigenvalue weighted by Gasteiger charge is 1.99. The molecule has 15 heavy (non-hydrogen) atoms.